The highest BCUT2D eigenvalue weighted by Gasteiger charge is 2.28. The first-order valence-corrected chi connectivity index (χ1v) is 8.32. The van der Waals surface area contributed by atoms with Crippen molar-refractivity contribution in [2.45, 2.75) is 38.3 Å². The Morgan fingerprint density at radius 2 is 2.05 bits per heavy atom. The fraction of sp³-hybridized carbons (Fsp3) is 0.500. The third kappa shape index (κ3) is 4.08. The highest BCUT2D eigenvalue weighted by atomic mass is 32.2. The van der Waals surface area contributed by atoms with Gasteiger partial charge in [0.15, 0.2) is 0 Å². The highest BCUT2D eigenvalue weighted by Crippen LogP contribution is 2.23. The van der Waals surface area contributed by atoms with Gasteiger partial charge in [-0.1, -0.05) is 44.2 Å². The van der Waals surface area contributed by atoms with E-state index < -0.39 is 5.60 Å². The minimum Gasteiger partial charge on any atom is -0.388 e. The second kappa shape index (κ2) is 7.09. The molecule has 2 N–H and O–H groups in total. The van der Waals surface area contributed by atoms with E-state index in [0.717, 1.165) is 10.6 Å². The number of hydrogen-bond acceptors (Lipinski definition) is 4. The number of amides is 1. The van der Waals surface area contributed by atoms with Crippen LogP contribution in [0, 0.1) is 0 Å². The molecule has 1 unspecified atom stereocenters. The second-order valence-electron chi connectivity index (χ2n) is 5.28. The van der Waals surface area contributed by atoms with Crippen molar-refractivity contribution in [2.24, 2.45) is 4.99 Å². The Balaban J connectivity index is 1.94. The lowest BCUT2D eigenvalue weighted by Crippen LogP contribution is -2.45. The lowest BCUT2D eigenvalue weighted by molar-refractivity contribution is -0.123. The predicted molar refractivity (Wildman–Crippen MR) is 87.8 cm³/mol. The Hall–Kier alpha value is -1.33. The van der Waals surface area contributed by atoms with Crippen LogP contribution < -0.4 is 5.32 Å². The lowest BCUT2D eigenvalue weighted by Gasteiger charge is -2.25. The van der Waals surface area contributed by atoms with Crippen molar-refractivity contribution in [3.63, 3.8) is 0 Å². The van der Waals surface area contributed by atoms with Gasteiger partial charge in [0.1, 0.15) is 6.04 Å². The van der Waals surface area contributed by atoms with Crippen molar-refractivity contribution in [3.05, 3.63) is 35.9 Å². The topological polar surface area (TPSA) is 61.7 Å². The van der Waals surface area contributed by atoms with Gasteiger partial charge in [-0.3, -0.25) is 9.79 Å². The number of rotatable bonds is 6. The van der Waals surface area contributed by atoms with Crippen LogP contribution in [0.2, 0.25) is 0 Å². The predicted octanol–water partition coefficient (Wildman–Crippen LogP) is 2.22. The van der Waals surface area contributed by atoms with Crippen LogP contribution in [-0.4, -0.2) is 40.0 Å². The summed E-state index contributed by atoms with van der Waals surface area (Å²) in [7, 11) is 0. The Morgan fingerprint density at radius 3 is 2.67 bits per heavy atom. The number of thioether (sulfide) groups is 1. The molecule has 0 bridgehead atoms. The third-order valence-electron chi connectivity index (χ3n) is 3.88. The van der Waals surface area contributed by atoms with E-state index in [2.05, 4.69) is 10.3 Å². The van der Waals surface area contributed by atoms with Crippen LogP contribution in [0.1, 0.15) is 32.3 Å². The van der Waals surface area contributed by atoms with Gasteiger partial charge in [0.25, 0.3) is 0 Å². The number of aliphatic hydroxyl groups is 1. The van der Waals surface area contributed by atoms with Crippen LogP contribution in [0.25, 0.3) is 0 Å². The molecule has 21 heavy (non-hydrogen) atoms. The van der Waals surface area contributed by atoms with Crippen molar-refractivity contribution in [1.29, 1.82) is 0 Å². The average Bonchev–Trinajstić information content (AvgIpc) is 3.03. The Bertz CT molecular complexity index is 512. The number of carbonyl (C=O) groups excluding carboxylic acids is 1. The summed E-state index contributed by atoms with van der Waals surface area (Å²) < 4.78 is 0. The van der Waals surface area contributed by atoms with Crippen LogP contribution in [0.15, 0.2) is 35.3 Å². The molecule has 5 heteroatoms. The van der Waals surface area contributed by atoms with E-state index in [-0.39, 0.29) is 18.5 Å². The molecule has 1 aromatic rings. The zero-order valence-electron chi connectivity index (χ0n) is 12.5. The van der Waals surface area contributed by atoms with Crippen LogP contribution in [-0.2, 0) is 4.79 Å². The van der Waals surface area contributed by atoms with Gasteiger partial charge < -0.3 is 10.4 Å². The maximum Gasteiger partial charge on any atom is 0.245 e. The Morgan fingerprint density at radius 1 is 1.38 bits per heavy atom. The molecule has 0 spiro atoms. The summed E-state index contributed by atoms with van der Waals surface area (Å²) in [5.74, 6) is 0.556. The fourth-order valence-electron chi connectivity index (χ4n) is 2.12. The van der Waals surface area contributed by atoms with Gasteiger partial charge in [-0.2, -0.15) is 0 Å². The largest absolute Gasteiger partial charge is 0.388 e. The van der Waals surface area contributed by atoms with E-state index in [1.807, 2.05) is 44.2 Å². The highest BCUT2D eigenvalue weighted by molar-refractivity contribution is 8.14. The van der Waals surface area contributed by atoms with Crippen LogP contribution >= 0.6 is 11.8 Å². The zero-order valence-corrected chi connectivity index (χ0v) is 13.3. The molecule has 0 saturated carbocycles. The summed E-state index contributed by atoms with van der Waals surface area (Å²) >= 11 is 1.60. The Labute approximate surface area is 130 Å². The molecular formula is C16H22N2O2S. The number of carbonyl (C=O) groups is 1. The average molecular weight is 306 g/mol. The molecule has 1 aromatic carbocycles. The van der Waals surface area contributed by atoms with Crippen molar-refractivity contribution in [1.82, 2.24) is 5.32 Å². The monoisotopic (exact) mass is 306 g/mol. The number of nitrogens with zero attached hydrogens (tertiary/aromatic N) is 1. The first-order chi connectivity index (χ1) is 10.1. The van der Waals surface area contributed by atoms with Gasteiger partial charge in [0.2, 0.25) is 5.91 Å². The second-order valence-corrected chi connectivity index (χ2v) is 6.29. The van der Waals surface area contributed by atoms with Gasteiger partial charge in [-0.25, -0.2) is 0 Å². The van der Waals surface area contributed by atoms with Gasteiger partial charge >= 0.3 is 0 Å². The van der Waals surface area contributed by atoms with Gasteiger partial charge in [-0.05, 0) is 12.8 Å². The van der Waals surface area contributed by atoms with E-state index in [1.54, 1.807) is 11.8 Å². The number of nitrogens with one attached hydrogen (secondary N) is 1. The minimum absolute atomic E-state index is 0.103. The van der Waals surface area contributed by atoms with Gasteiger partial charge in [-0.15, -0.1) is 11.8 Å². The number of aliphatic imine (C=N–C) groups is 1. The SMILES string of the molecule is CCC(O)(CC)CNC(=O)C1CSC(c2ccccc2)=N1. The van der Waals surface area contributed by atoms with Gasteiger partial charge in [0, 0.05) is 17.9 Å². The first kappa shape index (κ1) is 16.0. The molecule has 0 radical (unpaired) electrons. The third-order valence-corrected chi connectivity index (χ3v) is 4.98. The molecule has 4 nitrogen and oxygen atoms in total. The first-order valence-electron chi connectivity index (χ1n) is 7.34. The van der Waals surface area contributed by atoms with Crippen LogP contribution in [0.5, 0.6) is 0 Å². The molecule has 1 heterocycles. The molecule has 0 aliphatic carbocycles. The molecule has 1 aliphatic heterocycles. The molecule has 1 atom stereocenters. The molecule has 0 saturated heterocycles. The number of benzene rings is 1. The van der Waals surface area contributed by atoms with E-state index in [1.165, 1.54) is 0 Å². The molecule has 2 rings (SSSR count). The molecule has 1 amide bonds. The van der Waals surface area contributed by atoms with Crippen molar-refractivity contribution in [3.8, 4) is 0 Å². The molecular weight excluding hydrogens is 284 g/mol. The van der Waals surface area contributed by atoms with E-state index in [9.17, 15) is 9.90 Å². The summed E-state index contributed by atoms with van der Waals surface area (Å²) in [4.78, 5) is 16.7. The van der Waals surface area contributed by atoms with Crippen LogP contribution in [0.3, 0.4) is 0 Å². The normalized spacial score (nSPS) is 18.4. The maximum absolute atomic E-state index is 12.2. The molecule has 0 fully saturated rings. The van der Waals surface area contributed by atoms with E-state index in [4.69, 9.17) is 0 Å². The Kier molecular flexibility index (Phi) is 5.42. The summed E-state index contributed by atoms with van der Waals surface area (Å²) in [6.07, 6.45) is 1.25. The number of hydrogen-bond donors (Lipinski definition) is 2. The van der Waals surface area contributed by atoms with Crippen molar-refractivity contribution < 1.29 is 9.90 Å². The van der Waals surface area contributed by atoms with Gasteiger partial charge in [0.05, 0.1) is 10.6 Å². The molecule has 1 aliphatic rings. The minimum atomic E-state index is -0.812. The van der Waals surface area contributed by atoms with Crippen molar-refractivity contribution in [2.75, 3.05) is 12.3 Å². The quantitative estimate of drug-likeness (QED) is 0.847. The summed E-state index contributed by atoms with van der Waals surface area (Å²) in [5, 5.41) is 13.9. The molecule has 0 aromatic heterocycles. The summed E-state index contributed by atoms with van der Waals surface area (Å²) in [6.45, 7) is 4.13. The van der Waals surface area contributed by atoms with Crippen LogP contribution in [0.4, 0.5) is 0 Å². The lowest BCUT2D eigenvalue weighted by atomic mass is 9.97. The maximum atomic E-state index is 12.2. The van der Waals surface area contributed by atoms with Crippen molar-refractivity contribution >= 4 is 22.7 Å². The van der Waals surface area contributed by atoms with E-state index >= 15 is 0 Å². The fourth-order valence-corrected chi connectivity index (χ4v) is 3.16. The zero-order chi connectivity index (χ0) is 15.3. The standard InChI is InChI=1S/C16H22N2O2S/c1-3-16(20,4-2)11-17-14(19)13-10-21-15(18-13)12-8-6-5-7-9-12/h5-9,13,20H,3-4,10-11H2,1-2H3,(H,17,19). The summed E-state index contributed by atoms with van der Waals surface area (Å²) in [6, 6.07) is 9.54. The smallest absolute Gasteiger partial charge is 0.245 e. The van der Waals surface area contributed by atoms with E-state index in [0.29, 0.717) is 18.6 Å². The molecule has 114 valence electrons. The summed E-state index contributed by atoms with van der Waals surface area (Å²) in [5.41, 5.74) is 0.240.